The number of anilines is 2. The fourth-order valence-corrected chi connectivity index (χ4v) is 2.11. The van der Waals surface area contributed by atoms with E-state index < -0.39 is 12.0 Å². The number of ether oxygens (including phenoxy) is 1. The van der Waals surface area contributed by atoms with E-state index in [1.54, 1.807) is 12.1 Å². The number of benzene rings is 2. The Kier molecular flexibility index (Phi) is 5.31. The molecule has 0 radical (unpaired) electrons. The first kappa shape index (κ1) is 16.9. The third kappa shape index (κ3) is 4.28. The molecule has 0 bridgehead atoms. The van der Waals surface area contributed by atoms with Crippen molar-refractivity contribution in [1.82, 2.24) is 0 Å². The molecule has 0 aliphatic heterocycles. The predicted octanol–water partition coefficient (Wildman–Crippen LogP) is 4.34. The first-order chi connectivity index (χ1) is 10.9. The number of hydrogen-bond acceptors (Lipinski definition) is 3. The first-order valence-corrected chi connectivity index (χ1v) is 7.10. The topological polar surface area (TPSA) is 87.7 Å². The summed E-state index contributed by atoms with van der Waals surface area (Å²) in [6.07, 6.45) is 0. The average Bonchev–Trinajstić information content (AvgIpc) is 2.50. The maximum atomic E-state index is 11.9. The van der Waals surface area contributed by atoms with E-state index >= 15 is 0 Å². The first-order valence-electron chi connectivity index (χ1n) is 6.35. The maximum Gasteiger partial charge on any atom is 0.339 e. The molecule has 0 unspecified atom stereocenters. The Labute approximate surface area is 142 Å². The maximum absolute atomic E-state index is 11.9. The molecule has 0 spiro atoms. The van der Waals surface area contributed by atoms with Crippen molar-refractivity contribution in [2.75, 3.05) is 17.7 Å². The van der Waals surface area contributed by atoms with Crippen LogP contribution >= 0.6 is 23.2 Å². The van der Waals surface area contributed by atoms with Crippen molar-refractivity contribution >= 4 is 46.6 Å². The molecule has 2 amide bonds. The quantitative estimate of drug-likeness (QED) is 0.761. The van der Waals surface area contributed by atoms with E-state index in [1.165, 1.54) is 31.4 Å². The van der Waals surface area contributed by atoms with Gasteiger partial charge in [0.05, 0.1) is 17.2 Å². The van der Waals surface area contributed by atoms with Crippen molar-refractivity contribution in [3.63, 3.8) is 0 Å². The summed E-state index contributed by atoms with van der Waals surface area (Å²) in [5, 5.41) is 14.9. The van der Waals surface area contributed by atoms with Crippen molar-refractivity contribution in [3.8, 4) is 5.75 Å². The van der Waals surface area contributed by atoms with Gasteiger partial charge in [-0.25, -0.2) is 9.59 Å². The van der Waals surface area contributed by atoms with Crippen LogP contribution in [0.4, 0.5) is 16.2 Å². The molecule has 6 nitrogen and oxygen atoms in total. The summed E-state index contributed by atoms with van der Waals surface area (Å²) in [6.45, 7) is 0. The van der Waals surface area contributed by atoms with Crippen LogP contribution < -0.4 is 15.4 Å². The summed E-state index contributed by atoms with van der Waals surface area (Å²) >= 11 is 11.7. The second kappa shape index (κ2) is 7.21. The molecule has 0 aliphatic carbocycles. The fraction of sp³-hybridized carbons (Fsp3) is 0.0667. The van der Waals surface area contributed by atoms with Crippen molar-refractivity contribution in [1.29, 1.82) is 0 Å². The van der Waals surface area contributed by atoms with Gasteiger partial charge in [0, 0.05) is 17.4 Å². The number of amides is 2. The van der Waals surface area contributed by atoms with E-state index in [-0.39, 0.29) is 11.3 Å². The van der Waals surface area contributed by atoms with Gasteiger partial charge in [-0.3, -0.25) is 0 Å². The second-order valence-electron chi connectivity index (χ2n) is 4.43. The molecular weight excluding hydrogens is 343 g/mol. The zero-order valence-corrected chi connectivity index (χ0v) is 13.4. The lowest BCUT2D eigenvalue weighted by Gasteiger charge is -2.11. The van der Waals surface area contributed by atoms with Crippen molar-refractivity contribution in [2.24, 2.45) is 0 Å². The van der Waals surface area contributed by atoms with Crippen LogP contribution in [0, 0.1) is 0 Å². The van der Waals surface area contributed by atoms with Gasteiger partial charge in [-0.1, -0.05) is 23.2 Å². The van der Waals surface area contributed by atoms with Crippen LogP contribution in [-0.4, -0.2) is 24.2 Å². The Morgan fingerprint density at radius 2 is 1.61 bits per heavy atom. The molecule has 0 aromatic heterocycles. The van der Waals surface area contributed by atoms with Gasteiger partial charge in [0.15, 0.2) is 0 Å². The number of urea groups is 1. The fourth-order valence-electron chi connectivity index (χ4n) is 1.81. The number of hydrogen-bond donors (Lipinski definition) is 3. The monoisotopic (exact) mass is 354 g/mol. The number of rotatable bonds is 4. The van der Waals surface area contributed by atoms with Gasteiger partial charge < -0.3 is 20.5 Å². The standard InChI is InChI=1S/C15H12Cl2N2O4/c1-23-13-7-9(2-4-10(13)14(20)21)19-15(22)18-8-3-5-11(16)12(17)6-8/h2-7H,1H3,(H,20,21)(H2,18,19,22). The molecule has 120 valence electrons. The lowest BCUT2D eigenvalue weighted by atomic mass is 10.2. The largest absolute Gasteiger partial charge is 0.496 e. The highest BCUT2D eigenvalue weighted by atomic mass is 35.5. The zero-order chi connectivity index (χ0) is 17.0. The number of nitrogens with one attached hydrogen (secondary N) is 2. The molecule has 0 atom stereocenters. The summed E-state index contributed by atoms with van der Waals surface area (Å²) in [5.74, 6) is -0.974. The normalized spacial score (nSPS) is 10.0. The number of halogens is 2. The number of aromatic carboxylic acids is 1. The van der Waals surface area contributed by atoms with Crippen LogP contribution in [0.15, 0.2) is 36.4 Å². The lowest BCUT2D eigenvalue weighted by Crippen LogP contribution is -2.19. The SMILES string of the molecule is COc1cc(NC(=O)Nc2ccc(Cl)c(Cl)c2)ccc1C(=O)O. The number of carbonyl (C=O) groups is 2. The minimum Gasteiger partial charge on any atom is -0.496 e. The minimum absolute atomic E-state index is 0.00272. The van der Waals surface area contributed by atoms with Gasteiger partial charge in [0.2, 0.25) is 0 Å². The molecule has 23 heavy (non-hydrogen) atoms. The summed E-state index contributed by atoms with van der Waals surface area (Å²) in [7, 11) is 1.35. The molecule has 0 heterocycles. The lowest BCUT2D eigenvalue weighted by molar-refractivity contribution is 0.0693. The van der Waals surface area contributed by atoms with Crippen LogP contribution in [0.1, 0.15) is 10.4 Å². The third-order valence-corrected chi connectivity index (χ3v) is 3.61. The summed E-state index contributed by atoms with van der Waals surface area (Å²) in [6, 6.07) is 8.37. The smallest absolute Gasteiger partial charge is 0.339 e. The highest BCUT2D eigenvalue weighted by Crippen LogP contribution is 2.26. The van der Waals surface area contributed by atoms with E-state index in [4.69, 9.17) is 33.0 Å². The van der Waals surface area contributed by atoms with Gasteiger partial charge in [-0.2, -0.15) is 0 Å². The van der Waals surface area contributed by atoms with E-state index in [9.17, 15) is 9.59 Å². The number of carboxylic acid groups (broad SMARTS) is 1. The molecule has 2 aromatic carbocycles. The molecule has 3 N–H and O–H groups in total. The van der Waals surface area contributed by atoms with Crippen LogP contribution in [0.25, 0.3) is 0 Å². The molecular formula is C15H12Cl2N2O4. The van der Waals surface area contributed by atoms with Gasteiger partial charge in [-0.15, -0.1) is 0 Å². The van der Waals surface area contributed by atoms with Crippen molar-refractivity contribution < 1.29 is 19.4 Å². The molecule has 0 saturated carbocycles. The Morgan fingerprint density at radius 3 is 2.17 bits per heavy atom. The predicted molar refractivity (Wildman–Crippen MR) is 89.1 cm³/mol. The van der Waals surface area contributed by atoms with E-state index in [0.717, 1.165) is 0 Å². The zero-order valence-electron chi connectivity index (χ0n) is 11.9. The van der Waals surface area contributed by atoms with Crippen molar-refractivity contribution in [2.45, 2.75) is 0 Å². The summed E-state index contributed by atoms with van der Waals surface area (Å²) in [4.78, 5) is 23.0. The summed E-state index contributed by atoms with van der Waals surface area (Å²) < 4.78 is 4.99. The van der Waals surface area contributed by atoms with Gasteiger partial charge in [0.25, 0.3) is 0 Å². The number of carbonyl (C=O) groups excluding carboxylic acids is 1. The van der Waals surface area contributed by atoms with Crippen LogP contribution in [0.2, 0.25) is 10.0 Å². The van der Waals surface area contributed by atoms with Crippen LogP contribution in [0.5, 0.6) is 5.75 Å². The van der Waals surface area contributed by atoms with Crippen molar-refractivity contribution in [3.05, 3.63) is 52.0 Å². The summed E-state index contributed by atoms with van der Waals surface area (Å²) in [5.41, 5.74) is 0.846. The Morgan fingerprint density at radius 1 is 1.00 bits per heavy atom. The Bertz CT molecular complexity index is 765. The molecule has 0 saturated heterocycles. The molecule has 0 aliphatic rings. The van der Waals surface area contributed by atoms with Gasteiger partial charge >= 0.3 is 12.0 Å². The number of methoxy groups -OCH3 is 1. The van der Waals surface area contributed by atoms with E-state index in [2.05, 4.69) is 10.6 Å². The number of carboxylic acids is 1. The second-order valence-corrected chi connectivity index (χ2v) is 5.24. The molecule has 2 rings (SSSR count). The Balaban J connectivity index is 2.10. The van der Waals surface area contributed by atoms with E-state index in [1.807, 2.05) is 0 Å². The molecule has 0 fully saturated rings. The van der Waals surface area contributed by atoms with Crippen LogP contribution in [0.3, 0.4) is 0 Å². The van der Waals surface area contributed by atoms with Gasteiger partial charge in [0.1, 0.15) is 11.3 Å². The third-order valence-electron chi connectivity index (χ3n) is 2.87. The highest BCUT2D eigenvalue weighted by molar-refractivity contribution is 6.42. The highest BCUT2D eigenvalue weighted by Gasteiger charge is 2.12. The van der Waals surface area contributed by atoms with Gasteiger partial charge in [-0.05, 0) is 30.3 Å². The van der Waals surface area contributed by atoms with Crippen LogP contribution in [-0.2, 0) is 0 Å². The average molecular weight is 355 g/mol. The Hall–Kier alpha value is -2.44. The minimum atomic E-state index is -1.12. The molecule has 2 aromatic rings. The molecule has 8 heteroatoms. The van der Waals surface area contributed by atoms with E-state index in [0.29, 0.717) is 21.4 Å².